The van der Waals surface area contributed by atoms with E-state index in [9.17, 15) is 4.79 Å². The second-order valence-electron chi connectivity index (χ2n) is 5.95. The average molecular weight is 301 g/mol. The van der Waals surface area contributed by atoms with Crippen molar-refractivity contribution in [1.82, 2.24) is 10.3 Å². The van der Waals surface area contributed by atoms with Crippen molar-refractivity contribution < 1.29 is 9.21 Å². The van der Waals surface area contributed by atoms with Gasteiger partial charge in [-0.05, 0) is 37.5 Å². The van der Waals surface area contributed by atoms with E-state index >= 15 is 0 Å². The fraction of sp³-hybridized carbons (Fsp3) is 0.529. The Morgan fingerprint density at radius 1 is 1.32 bits per heavy atom. The molecule has 5 heteroatoms. The maximum Gasteiger partial charge on any atom is 0.319 e. The number of hydrogen-bond acceptors (Lipinski definition) is 3. The van der Waals surface area contributed by atoms with Gasteiger partial charge in [-0.15, -0.1) is 0 Å². The zero-order valence-corrected chi connectivity index (χ0v) is 13.0. The summed E-state index contributed by atoms with van der Waals surface area (Å²) in [5.41, 5.74) is 2.34. The lowest BCUT2D eigenvalue weighted by molar-refractivity contribution is 0.252. The standard InChI is InChI=1S/C17H23N3O2/c1-2-3-4-5-10-18-17(21)19-13-8-9-15-14(11-13)20-16(22-15)12-6-7-12/h8-9,11-12H,2-7,10H2,1H3,(H2,18,19,21). The van der Waals surface area contributed by atoms with Crippen LogP contribution >= 0.6 is 0 Å². The lowest BCUT2D eigenvalue weighted by atomic mass is 10.2. The van der Waals surface area contributed by atoms with Gasteiger partial charge in [-0.3, -0.25) is 0 Å². The number of benzene rings is 1. The van der Waals surface area contributed by atoms with Crippen LogP contribution in [0.5, 0.6) is 0 Å². The number of aromatic nitrogens is 1. The Kier molecular flexibility index (Phi) is 4.61. The van der Waals surface area contributed by atoms with Gasteiger partial charge in [0.1, 0.15) is 5.52 Å². The van der Waals surface area contributed by atoms with E-state index in [4.69, 9.17) is 4.42 Å². The Balaban J connectivity index is 1.53. The number of hydrogen-bond donors (Lipinski definition) is 2. The fourth-order valence-electron chi connectivity index (χ4n) is 2.46. The van der Waals surface area contributed by atoms with Gasteiger partial charge in [0.2, 0.25) is 0 Å². The Hall–Kier alpha value is -2.04. The van der Waals surface area contributed by atoms with Crippen molar-refractivity contribution >= 4 is 22.8 Å². The maximum absolute atomic E-state index is 11.8. The molecule has 2 amide bonds. The molecule has 1 fully saturated rings. The predicted octanol–water partition coefficient (Wildman–Crippen LogP) is 4.41. The third-order valence-corrected chi connectivity index (χ3v) is 3.90. The fourth-order valence-corrected chi connectivity index (χ4v) is 2.46. The third kappa shape index (κ3) is 3.78. The molecular weight excluding hydrogens is 278 g/mol. The smallest absolute Gasteiger partial charge is 0.319 e. The van der Waals surface area contributed by atoms with Crippen LogP contribution in [0.15, 0.2) is 22.6 Å². The molecule has 0 radical (unpaired) electrons. The van der Waals surface area contributed by atoms with Crippen LogP contribution in [0.4, 0.5) is 10.5 Å². The summed E-state index contributed by atoms with van der Waals surface area (Å²) >= 11 is 0. The summed E-state index contributed by atoms with van der Waals surface area (Å²) in [6, 6.07) is 5.41. The molecule has 1 aliphatic rings. The topological polar surface area (TPSA) is 67.2 Å². The monoisotopic (exact) mass is 301 g/mol. The highest BCUT2D eigenvalue weighted by Gasteiger charge is 2.28. The minimum atomic E-state index is -0.165. The van der Waals surface area contributed by atoms with E-state index in [0.717, 1.165) is 35.5 Å². The van der Waals surface area contributed by atoms with Crippen LogP contribution in [0, 0.1) is 0 Å². The highest BCUT2D eigenvalue weighted by molar-refractivity contribution is 5.91. The molecule has 1 aromatic carbocycles. The number of unbranched alkanes of at least 4 members (excludes halogenated alkanes) is 3. The van der Waals surface area contributed by atoms with Crippen LogP contribution in [0.2, 0.25) is 0 Å². The predicted molar refractivity (Wildman–Crippen MR) is 87.1 cm³/mol. The highest BCUT2D eigenvalue weighted by atomic mass is 16.3. The van der Waals surface area contributed by atoms with Gasteiger partial charge in [0, 0.05) is 18.2 Å². The number of nitrogens with zero attached hydrogens (tertiary/aromatic N) is 1. The first kappa shape index (κ1) is 14.9. The maximum atomic E-state index is 11.8. The molecule has 1 aromatic heterocycles. The first-order valence-electron chi connectivity index (χ1n) is 8.21. The zero-order valence-electron chi connectivity index (χ0n) is 13.0. The number of oxazole rings is 1. The van der Waals surface area contributed by atoms with Gasteiger partial charge in [-0.25, -0.2) is 9.78 Å². The molecule has 0 bridgehead atoms. The third-order valence-electron chi connectivity index (χ3n) is 3.90. The summed E-state index contributed by atoms with van der Waals surface area (Å²) in [6.07, 6.45) is 6.93. The number of urea groups is 1. The van der Waals surface area contributed by atoms with E-state index in [-0.39, 0.29) is 6.03 Å². The normalized spacial score (nSPS) is 14.2. The summed E-state index contributed by atoms with van der Waals surface area (Å²) in [7, 11) is 0. The van der Waals surface area contributed by atoms with Crippen molar-refractivity contribution in [2.45, 2.75) is 51.4 Å². The number of carbonyl (C=O) groups excluding carboxylic acids is 1. The van der Waals surface area contributed by atoms with Gasteiger partial charge >= 0.3 is 6.03 Å². The molecule has 0 saturated heterocycles. The van der Waals surface area contributed by atoms with Crippen molar-refractivity contribution in [2.24, 2.45) is 0 Å². The molecule has 2 N–H and O–H groups in total. The van der Waals surface area contributed by atoms with E-state index in [1.54, 1.807) is 0 Å². The summed E-state index contributed by atoms with van der Waals surface area (Å²) < 4.78 is 5.71. The molecule has 2 aromatic rings. The van der Waals surface area contributed by atoms with Gasteiger partial charge < -0.3 is 15.1 Å². The minimum Gasteiger partial charge on any atom is -0.440 e. The van der Waals surface area contributed by atoms with Gasteiger partial charge in [-0.1, -0.05) is 26.2 Å². The second kappa shape index (κ2) is 6.81. The second-order valence-corrected chi connectivity index (χ2v) is 5.95. The molecule has 1 aliphatic carbocycles. The molecular formula is C17H23N3O2. The molecule has 118 valence electrons. The molecule has 0 atom stereocenters. The van der Waals surface area contributed by atoms with Crippen molar-refractivity contribution in [3.8, 4) is 0 Å². The van der Waals surface area contributed by atoms with E-state index < -0.39 is 0 Å². The van der Waals surface area contributed by atoms with Gasteiger partial charge in [0.25, 0.3) is 0 Å². The molecule has 0 spiro atoms. The molecule has 5 nitrogen and oxygen atoms in total. The number of fused-ring (bicyclic) bond motifs is 1. The summed E-state index contributed by atoms with van der Waals surface area (Å²) in [5, 5.41) is 5.73. The van der Waals surface area contributed by atoms with Crippen LogP contribution in [0.25, 0.3) is 11.1 Å². The first-order chi connectivity index (χ1) is 10.8. The van der Waals surface area contributed by atoms with Gasteiger partial charge in [0.15, 0.2) is 11.5 Å². The number of amides is 2. The quantitative estimate of drug-likeness (QED) is 0.744. The summed E-state index contributed by atoms with van der Waals surface area (Å²) in [5.74, 6) is 1.32. The molecule has 0 unspecified atom stereocenters. The van der Waals surface area contributed by atoms with Crippen molar-refractivity contribution in [3.05, 3.63) is 24.1 Å². The van der Waals surface area contributed by atoms with Crippen LogP contribution in [-0.4, -0.2) is 17.6 Å². The molecule has 1 saturated carbocycles. The van der Waals surface area contributed by atoms with Crippen LogP contribution in [0.3, 0.4) is 0 Å². The Morgan fingerprint density at radius 3 is 2.95 bits per heavy atom. The minimum absolute atomic E-state index is 0.165. The van der Waals surface area contributed by atoms with Crippen molar-refractivity contribution in [2.75, 3.05) is 11.9 Å². The highest BCUT2D eigenvalue weighted by Crippen LogP contribution is 2.40. The lowest BCUT2D eigenvalue weighted by Crippen LogP contribution is -2.29. The van der Waals surface area contributed by atoms with E-state index in [1.165, 1.54) is 25.7 Å². The zero-order chi connectivity index (χ0) is 15.4. The number of carbonyl (C=O) groups is 1. The van der Waals surface area contributed by atoms with Gasteiger partial charge in [-0.2, -0.15) is 0 Å². The SMILES string of the molecule is CCCCCCNC(=O)Nc1ccc2oc(C3CC3)nc2c1. The number of anilines is 1. The molecule has 22 heavy (non-hydrogen) atoms. The molecule has 0 aliphatic heterocycles. The molecule has 1 heterocycles. The summed E-state index contributed by atoms with van der Waals surface area (Å²) in [4.78, 5) is 16.3. The largest absolute Gasteiger partial charge is 0.440 e. The van der Waals surface area contributed by atoms with E-state index in [0.29, 0.717) is 12.5 Å². The van der Waals surface area contributed by atoms with E-state index in [1.807, 2.05) is 18.2 Å². The Morgan fingerprint density at radius 2 is 2.18 bits per heavy atom. The van der Waals surface area contributed by atoms with E-state index in [2.05, 4.69) is 22.5 Å². The Bertz CT molecular complexity index is 646. The number of nitrogens with one attached hydrogen (secondary N) is 2. The van der Waals surface area contributed by atoms with Crippen LogP contribution in [0.1, 0.15) is 57.3 Å². The Labute approximate surface area is 130 Å². The van der Waals surface area contributed by atoms with Gasteiger partial charge in [0.05, 0.1) is 0 Å². The average Bonchev–Trinajstić information content (AvgIpc) is 3.27. The van der Waals surface area contributed by atoms with Crippen LogP contribution in [-0.2, 0) is 0 Å². The molecule has 3 rings (SSSR count). The van der Waals surface area contributed by atoms with Crippen molar-refractivity contribution in [3.63, 3.8) is 0 Å². The van der Waals surface area contributed by atoms with Crippen molar-refractivity contribution in [1.29, 1.82) is 0 Å². The van der Waals surface area contributed by atoms with Crippen LogP contribution < -0.4 is 10.6 Å². The number of rotatable bonds is 7. The lowest BCUT2D eigenvalue weighted by Gasteiger charge is -2.07. The summed E-state index contributed by atoms with van der Waals surface area (Å²) in [6.45, 7) is 2.89. The first-order valence-corrected chi connectivity index (χ1v) is 8.21.